The number of para-hydroxylation sites is 1. The monoisotopic (exact) mass is 270 g/mol. The number of carbonyl (C=O) groups is 2. The van der Waals surface area contributed by atoms with E-state index in [0.29, 0.717) is 17.6 Å². The molecule has 0 radical (unpaired) electrons. The summed E-state index contributed by atoms with van der Waals surface area (Å²) in [7, 11) is 1.45. The molecule has 0 aliphatic carbocycles. The molecule has 0 aliphatic rings. The summed E-state index contributed by atoms with van der Waals surface area (Å²) in [5.41, 5.74) is 1.53. The molecule has 2 aromatic carbocycles. The molecule has 0 amide bonds. The molecule has 0 bridgehead atoms. The number of hydrogen-bond acceptors (Lipinski definition) is 4. The van der Waals surface area contributed by atoms with E-state index in [4.69, 9.17) is 9.47 Å². The first-order valence-electron chi connectivity index (χ1n) is 6.07. The molecule has 0 saturated carbocycles. The second-order valence-electron chi connectivity index (χ2n) is 4.20. The smallest absolute Gasteiger partial charge is 0.343 e. The summed E-state index contributed by atoms with van der Waals surface area (Å²) in [4.78, 5) is 23.2. The number of hydrogen-bond donors (Lipinski definition) is 0. The fourth-order valence-electron chi connectivity index (χ4n) is 1.85. The van der Waals surface area contributed by atoms with E-state index < -0.39 is 5.97 Å². The van der Waals surface area contributed by atoms with Gasteiger partial charge in [0.2, 0.25) is 0 Å². The van der Waals surface area contributed by atoms with E-state index in [1.54, 1.807) is 30.3 Å². The minimum atomic E-state index is -0.518. The predicted molar refractivity (Wildman–Crippen MR) is 74.5 cm³/mol. The number of rotatable bonds is 4. The van der Waals surface area contributed by atoms with Gasteiger partial charge in [0, 0.05) is 0 Å². The molecule has 0 fully saturated rings. The summed E-state index contributed by atoms with van der Waals surface area (Å²) < 4.78 is 10.4. The lowest BCUT2D eigenvalue weighted by Crippen LogP contribution is -2.12. The predicted octanol–water partition coefficient (Wildman–Crippen LogP) is 3.04. The van der Waals surface area contributed by atoms with Crippen molar-refractivity contribution in [1.82, 2.24) is 0 Å². The highest BCUT2D eigenvalue weighted by Crippen LogP contribution is 2.30. The summed E-state index contributed by atoms with van der Waals surface area (Å²) in [6.45, 7) is 1.82. The number of esters is 1. The van der Waals surface area contributed by atoms with Crippen LogP contribution in [0.2, 0.25) is 0 Å². The number of benzene rings is 2. The van der Waals surface area contributed by atoms with Crippen LogP contribution in [0.3, 0.4) is 0 Å². The largest absolute Gasteiger partial charge is 0.493 e. The Balaban J connectivity index is 2.37. The average molecular weight is 270 g/mol. The first-order chi connectivity index (χ1) is 9.67. The summed E-state index contributed by atoms with van der Waals surface area (Å²) in [6.07, 6.45) is 0.628. The molecule has 0 aromatic heterocycles. The van der Waals surface area contributed by atoms with Crippen molar-refractivity contribution in [2.45, 2.75) is 6.92 Å². The second kappa shape index (κ2) is 6.02. The third-order valence-electron chi connectivity index (χ3n) is 2.92. The van der Waals surface area contributed by atoms with Crippen molar-refractivity contribution < 1.29 is 19.1 Å². The summed E-state index contributed by atoms with van der Waals surface area (Å²) in [5, 5.41) is 0. The molecule has 0 saturated heterocycles. The fourth-order valence-corrected chi connectivity index (χ4v) is 1.85. The van der Waals surface area contributed by atoms with Crippen molar-refractivity contribution in [3.05, 3.63) is 59.2 Å². The van der Waals surface area contributed by atoms with E-state index in [1.165, 1.54) is 7.11 Å². The number of aryl methyl sites for hydroxylation is 1. The Kier molecular flexibility index (Phi) is 4.15. The van der Waals surface area contributed by atoms with Gasteiger partial charge in [-0.2, -0.15) is 0 Å². The quantitative estimate of drug-likeness (QED) is 0.487. The van der Waals surface area contributed by atoms with Gasteiger partial charge in [-0.1, -0.05) is 24.3 Å². The van der Waals surface area contributed by atoms with Crippen molar-refractivity contribution in [3.8, 4) is 11.5 Å². The number of carbonyl (C=O) groups excluding carboxylic acids is 2. The lowest BCUT2D eigenvalue weighted by atomic mass is 10.1. The molecule has 2 aromatic rings. The second-order valence-corrected chi connectivity index (χ2v) is 4.20. The summed E-state index contributed by atoms with van der Waals surface area (Å²) >= 11 is 0. The van der Waals surface area contributed by atoms with Crippen molar-refractivity contribution in [2.24, 2.45) is 0 Å². The molecule has 0 atom stereocenters. The van der Waals surface area contributed by atoms with Gasteiger partial charge in [-0.05, 0) is 30.7 Å². The first-order valence-corrected chi connectivity index (χ1v) is 6.07. The molecule has 0 aliphatic heterocycles. The van der Waals surface area contributed by atoms with Crippen LogP contribution >= 0.6 is 0 Å². The highest BCUT2D eigenvalue weighted by Gasteiger charge is 2.17. The Hall–Kier alpha value is -2.62. The normalized spacial score (nSPS) is 9.90. The third kappa shape index (κ3) is 2.69. The number of aldehydes is 1. The van der Waals surface area contributed by atoms with Gasteiger partial charge in [-0.15, -0.1) is 0 Å². The zero-order valence-electron chi connectivity index (χ0n) is 11.3. The Morgan fingerprint density at radius 1 is 1.10 bits per heavy atom. The zero-order valence-corrected chi connectivity index (χ0v) is 11.3. The molecule has 4 nitrogen and oxygen atoms in total. The minimum absolute atomic E-state index is 0.137. The zero-order chi connectivity index (χ0) is 14.5. The van der Waals surface area contributed by atoms with Crippen molar-refractivity contribution in [1.29, 1.82) is 0 Å². The first kappa shape index (κ1) is 13.8. The molecule has 0 spiro atoms. The van der Waals surface area contributed by atoms with Crippen LogP contribution in [0.1, 0.15) is 26.3 Å². The maximum absolute atomic E-state index is 12.2. The Morgan fingerprint density at radius 3 is 2.50 bits per heavy atom. The summed E-state index contributed by atoms with van der Waals surface area (Å²) in [5.74, 6) is -0.0366. The van der Waals surface area contributed by atoms with Gasteiger partial charge in [0.15, 0.2) is 17.8 Å². The van der Waals surface area contributed by atoms with E-state index >= 15 is 0 Å². The van der Waals surface area contributed by atoms with Crippen LogP contribution in [-0.2, 0) is 0 Å². The van der Waals surface area contributed by atoms with Gasteiger partial charge in [-0.3, -0.25) is 4.79 Å². The van der Waals surface area contributed by atoms with Crippen LogP contribution in [0.25, 0.3) is 0 Å². The lowest BCUT2D eigenvalue weighted by molar-refractivity contribution is 0.0727. The van der Waals surface area contributed by atoms with Gasteiger partial charge >= 0.3 is 5.97 Å². The Morgan fingerprint density at radius 2 is 1.85 bits per heavy atom. The van der Waals surface area contributed by atoms with Gasteiger partial charge in [-0.25, -0.2) is 4.79 Å². The van der Waals surface area contributed by atoms with Gasteiger partial charge in [0.1, 0.15) is 0 Å². The van der Waals surface area contributed by atoms with Crippen LogP contribution < -0.4 is 9.47 Å². The molecule has 0 heterocycles. The van der Waals surface area contributed by atoms with E-state index in [-0.39, 0.29) is 11.3 Å². The van der Waals surface area contributed by atoms with Crippen LogP contribution in [0, 0.1) is 6.92 Å². The standard InChI is InChI=1S/C16H14O4/c1-11-6-3-4-8-13(11)16(18)20-15-12(10-17)7-5-9-14(15)19-2/h3-10H,1-2H3. The summed E-state index contributed by atoms with van der Waals surface area (Å²) in [6, 6.07) is 11.9. The van der Waals surface area contributed by atoms with Crippen LogP contribution in [-0.4, -0.2) is 19.4 Å². The third-order valence-corrected chi connectivity index (χ3v) is 2.92. The van der Waals surface area contributed by atoms with Crippen molar-refractivity contribution in [2.75, 3.05) is 7.11 Å². The maximum atomic E-state index is 12.2. The highest BCUT2D eigenvalue weighted by atomic mass is 16.6. The minimum Gasteiger partial charge on any atom is -0.493 e. The molecular formula is C16H14O4. The van der Waals surface area contributed by atoms with Crippen LogP contribution in [0.15, 0.2) is 42.5 Å². The van der Waals surface area contributed by atoms with Crippen molar-refractivity contribution >= 4 is 12.3 Å². The molecule has 102 valence electrons. The lowest BCUT2D eigenvalue weighted by Gasteiger charge is -2.11. The van der Waals surface area contributed by atoms with E-state index in [0.717, 1.165) is 5.56 Å². The topological polar surface area (TPSA) is 52.6 Å². The van der Waals surface area contributed by atoms with Crippen LogP contribution in [0.5, 0.6) is 11.5 Å². The van der Waals surface area contributed by atoms with Crippen molar-refractivity contribution in [3.63, 3.8) is 0 Å². The van der Waals surface area contributed by atoms with Gasteiger partial charge in [0.05, 0.1) is 18.2 Å². The SMILES string of the molecule is COc1cccc(C=O)c1OC(=O)c1ccccc1C. The fraction of sp³-hybridized carbons (Fsp3) is 0.125. The molecular weight excluding hydrogens is 256 g/mol. The Labute approximate surface area is 116 Å². The molecule has 4 heteroatoms. The molecule has 0 unspecified atom stereocenters. The molecule has 0 N–H and O–H groups in total. The molecule has 20 heavy (non-hydrogen) atoms. The van der Waals surface area contributed by atoms with E-state index in [1.807, 2.05) is 19.1 Å². The van der Waals surface area contributed by atoms with Gasteiger partial charge in [0.25, 0.3) is 0 Å². The van der Waals surface area contributed by atoms with Crippen LogP contribution in [0.4, 0.5) is 0 Å². The number of methoxy groups -OCH3 is 1. The van der Waals surface area contributed by atoms with Gasteiger partial charge < -0.3 is 9.47 Å². The Bertz CT molecular complexity index is 647. The average Bonchev–Trinajstić information content (AvgIpc) is 2.47. The highest BCUT2D eigenvalue weighted by molar-refractivity contribution is 5.94. The van der Waals surface area contributed by atoms with E-state index in [9.17, 15) is 9.59 Å². The van der Waals surface area contributed by atoms with E-state index in [2.05, 4.69) is 0 Å². The molecule has 2 rings (SSSR count). The maximum Gasteiger partial charge on any atom is 0.343 e. The number of ether oxygens (including phenoxy) is 2.